The second kappa shape index (κ2) is 9.26. The van der Waals surface area contributed by atoms with Gasteiger partial charge in [0.15, 0.2) is 5.69 Å². The van der Waals surface area contributed by atoms with Crippen molar-refractivity contribution in [3.05, 3.63) is 35.7 Å². The minimum Gasteiger partial charge on any atom is -0.464 e. The van der Waals surface area contributed by atoms with Crippen molar-refractivity contribution < 1.29 is 9.53 Å². The van der Waals surface area contributed by atoms with Crippen LogP contribution in [0, 0.1) is 6.92 Å². The molecule has 0 spiro atoms. The molecule has 144 valence electrons. The smallest absolute Gasteiger partial charge is 0.357 e. The SMILES string of the molecule is CCN(CC)CCn1c2ccccc2n2c(C(=O)OC)c(C)nc12.Cl.Cl. The number of methoxy groups -OCH3 is 1. The molecule has 3 aromatic rings. The zero-order valence-electron chi connectivity index (χ0n) is 15.6. The molecule has 0 aliphatic heterocycles. The lowest BCUT2D eigenvalue weighted by Crippen LogP contribution is -2.27. The van der Waals surface area contributed by atoms with Crippen LogP contribution >= 0.6 is 24.8 Å². The summed E-state index contributed by atoms with van der Waals surface area (Å²) in [7, 11) is 1.40. The molecule has 0 aliphatic carbocycles. The van der Waals surface area contributed by atoms with Crippen molar-refractivity contribution in [2.24, 2.45) is 0 Å². The number of benzene rings is 1. The molecule has 1 aromatic carbocycles. The van der Waals surface area contributed by atoms with Crippen molar-refractivity contribution >= 4 is 47.6 Å². The summed E-state index contributed by atoms with van der Waals surface area (Å²) in [5.74, 6) is 0.438. The number of rotatable bonds is 6. The van der Waals surface area contributed by atoms with Gasteiger partial charge < -0.3 is 14.2 Å². The Morgan fingerprint density at radius 1 is 1.15 bits per heavy atom. The minimum absolute atomic E-state index is 0. The van der Waals surface area contributed by atoms with Crippen LogP contribution in [0.15, 0.2) is 24.3 Å². The van der Waals surface area contributed by atoms with Gasteiger partial charge >= 0.3 is 5.97 Å². The van der Waals surface area contributed by atoms with E-state index in [0.29, 0.717) is 11.4 Å². The largest absolute Gasteiger partial charge is 0.464 e. The normalized spacial score (nSPS) is 10.8. The van der Waals surface area contributed by atoms with E-state index in [2.05, 4.69) is 34.4 Å². The lowest BCUT2D eigenvalue weighted by atomic mass is 10.3. The fraction of sp³-hybridized carbons (Fsp3) is 0.444. The van der Waals surface area contributed by atoms with Gasteiger partial charge in [0, 0.05) is 13.1 Å². The van der Waals surface area contributed by atoms with Crippen LogP contribution in [0.3, 0.4) is 0 Å². The first-order valence-electron chi connectivity index (χ1n) is 8.39. The molecule has 0 amide bonds. The molecule has 0 bridgehead atoms. The highest BCUT2D eigenvalue weighted by molar-refractivity contribution is 5.93. The van der Waals surface area contributed by atoms with Gasteiger partial charge in [0.1, 0.15) is 0 Å². The van der Waals surface area contributed by atoms with Crippen LogP contribution in [-0.2, 0) is 11.3 Å². The third-order valence-corrected chi connectivity index (χ3v) is 4.60. The van der Waals surface area contributed by atoms with Crippen LogP contribution in [0.5, 0.6) is 0 Å². The van der Waals surface area contributed by atoms with Crippen LogP contribution in [0.2, 0.25) is 0 Å². The summed E-state index contributed by atoms with van der Waals surface area (Å²) in [4.78, 5) is 19.3. The number of para-hydroxylation sites is 2. The van der Waals surface area contributed by atoms with Gasteiger partial charge in [-0.1, -0.05) is 26.0 Å². The topological polar surface area (TPSA) is 51.8 Å². The van der Waals surface area contributed by atoms with E-state index in [-0.39, 0.29) is 30.8 Å². The zero-order valence-corrected chi connectivity index (χ0v) is 17.2. The van der Waals surface area contributed by atoms with Crippen LogP contribution in [0.25, 0.3) is 16.8 Å². The number of aromatic nitrogens is 3. The molecular weight excluding hydrogens is 375 g/mol. The summed E-state index contributed by atoms with van der Waals surface area (Å²) < 4.78 is 9.06. The molecule has 8 heteroatoms. The maximum atomic E-state index is 12.2. The van der Waals surface area contributed by atoms with Gasteiger partial charge in [0.2, 0.25) is 5.78 Å². The molecule has 0 unspecified atom stereocenters. The maximum absolute atomic E-state index is 12.2. The highest BCUT2D eigenvalue weighted by Gasteiger charge is 2.23. The van der Waals surface area contributed by atoms with E-state index in [4.69, 9.17) is 4.74 Å². The number of hydrogen-bond donors (Lipinski definition) is 0. The lowest BCUT2D eigenvalue weighted by molar-refractivity contribution is 0.0592. The van der Waals surface area contributed by atoms with Crippen molar-refractivity contribution in [1.82, 2.24) is 18.9 Å². The number of esters is 1. The van der Waals surface area contributed by atoms with E-state index in [9.17, 15) is 4.79 Å². The molecule has 0 saturated carbocycles. The van der Waals surface area contributed by atoms with E-state index in [1.54, 1.807) is 0 Å². The first-order valence-corrected chi connectivity index (χ1v) is 8.39. The van der Waals surface area contributed by atoms with E-state index in [1.807, 2.05) is 29.5 Å². The van der Waals surface area contributed by atoms with Crippen molar-refractivity contribution in [3.8, 4) is 0 Å². The van der Waals surface area contributed by atoms with Crippen molar-refractivity contribution in [2.75, 3.05) is 26.7 Å². The third kappa shape index (κ3) is 3.68. The van der Waals surface area contributed by atoms with Gasteiger partial charge in [-0.2, -0.15) is 0 Å². The number of carbonyl (C=O) groups excluding carboxylic acids is 1. The van der Waals surface area contributed by atoms with E-state index >= 15 is 0 Å². The van der Waals surface area contributed by atoms with E-state index in [0.717, 1.165) is 43.0 Å². The zero-order chi connectivity index (χ0) is 17.3. The van der Waals surface area contributed by atoms with Crippen LogP contribution in [0.4, 0.5) is 0 Å². The molecule has 26 heavy (non-hydrogen) atoms. The minimum atomic E-state index is -0.355. The third-order valence-electron chi connectivity index (χ3n) is 4.60. The van der Waals surface area contributed by atoms with Gasteiger partial charge in [-0.25, -0.2) is 9.78 Å². The summed E-state index contributed by atoms with van der Waals surface area (Å²) in [6, 6.07) is 8.08. The fourth-order valence-corrected chi connectivity index (χ4v) is 3.25. The first kappa shape index (κ1) is 22.3. The molecule has 2 heterocycles. The first-order chi connectivity index (χ1) is 11.6. The van der Waals surface area contributed by atoms with Crippen LogP contribution < -0.4 is 0 Å². The number of imidazole rings is 2. The van der Waals surface area contributed by atoms with Crippen molar-refractivity contribution in [2.45, 2.75) is 27.3 Å². The molecule has 0 aliphatic rings. The Balaban J connectivity index is 0.00000169. The lowest BCUT2D eigenvalue weighted by Gasteiger charge is -2.18. The Hall–Kier alpha value is -1.76. The predicted molar refractivity (Wildman–Crippen MR) is 109 cm³/mol. The molecule has 0 N–H and O–H groups in total. The van der Waals surface area contributed by atoms with Gasteiger partial charge in [0.05, 0.1) is 23.8 Å². The molecule has 3 rings (SSSR count). The monoisotopic (exact) mass is 400 g/mol. The standard InChI is InChI=1S/C18H24N4O2.2ClH/c1-5-20(6-2)11-12-21-14-9-7-8-10-15(14)22-16(17(23)24-4)13(3)19-18(21)22;;/h7-10H,5-6,11-12H2,1-4H3;2*1H. The summed E-state index contributed by atoms with van der Waals surface area (Å²) in [5.41, 5.74) is 3.26. The fourth-order valence-electron chi connectivity index (χ4n) is 3.25. The number of likely N-dealkylation sites (N-methyl/N-ethyl adjacent to an activating group) is 1. The van der Waals surface area contributed by atoms with Gasteiger partial charge in [0.25, 0.3) is 0 Å². The Bertz CT molecular complexity index is 884. The second-order valence-electron chi connectivity index (χ2n) is 5.84. The summed E-state index contributed by atoms with van der Waals surface area (Å²) in [6.45, 7) is 10.0. The summed E-state index contributed by atoms with van der Waals surface area (Å²) >= 11 is 0. The molecule has 0 atom stereocenters. The number of halogens is 2. The maximum Gasteiger partial charge on any atom is 0.357 e. The average molecular weight is 401 g/mol. The number of nitrogens with zero attached hydrogens (tertiary/aromatic N) is 4. The molecule has 0 radical (unpaired) electrons. The predicted octanol–water partition coefficient (Wildman–Crippen LogP) is 3.57. The van der Waals surface area contributed by atoms with Crippen molar-refractivity contribution in [3.63, 3.8) is 0 Å². The number of aryl methyl sites for hydroxylation is 1. The number of ether oxygens (including phenoxy) is 1. The van der Waals surface area contributed by atoms with E-state index in [1.165, 1.54) is 7.11 Å². The summed E-state index contributed by atoms with van der Waals surface area (Å²) in [6.07, 6.45) is 0. The van der Waals surface area contributed by atoms with Gasteiger partial charge in [-0.05, 0) is 32.1 Å². The van der Waals surface area contributed by atoms with Gasteiger partial charge in [-0.15, -0.1) is 24.8 Å². The molecule has 0 fully saturated rings. The van der Waals surface area contributed by atoms with Gasteiger partial charge in [-0.3, -0.25) is 4.40 Å². The second-order valence-corrected chi connectivity index (χ2v) is 5.84. The Kier molecular flexibility index (Phi) is 7.93. The van der Waals surface area contributed by atoms with E-state index < -0.39 is 0 Å². The molecule has 6 nitrogen and oxygen atoms in total. The molecular formula is C18H26Cl2N4O2. The Morgan fingerprint density at radius 3 is 2.35 bits per heavy atom. The quantitative estimate of drug-likeness (QED) is 0.593. The number of hydrogen-bond acceptors (Lipinski definition) is 4. The highest BCUT2D eigenvalue weighted by atomic mass is 35.5. The molecule has 0 saturated heterocycles. The Morgan fingerprint density at radius 2 is 1.77 bits per heavy atom. The van der Waals surface area contributed by atoms with Crippen molar-refractivity contribution in [1.29, 1.82) is 0 Å². The number of fused-ring (bicyclic) bond motifs is 3. The van der Waals surface area contributed by atoms with Crippen LogP contribution in [-0.4, -0.2) is 51.6 Å². The molecule has 2 aromatic heterocycles. The average Bonchev–Trinajstić information content (AvgIpc) is 3.09. The highest BCUT2D eigenvalue weighted by Crippen LogP contribution is 2.24. The van der Waals surface area contributed by atoms with Crippen LogP contribution in [0.1, 0.15) is 30.0 Å². The summed E-state index contributed by atoms with van der Waals surface area (Å²) in [5, 5.41) is 0. The number of carbonyl (C=O) groups is 1. The Labute approximate surface area is 165 Å².